The number of nitrogens with zero attached hydrogens (tertiary/aromatic N) is 5. The molecule has 0 amide bonds. The zero-order valence-corrected chi connectivity index (χ0v) is 14.6. The molecule has 2 aromatic heterocycles. The average molecular weight is 349 g/mol. The van der Waals surface area contributed by atoms with Crippen molar-refractivity contribution in [1.29, 1.82) is 0 Å². The number of rotatable bonds is 4. The molecule has 1 saturated heterocycles. The summed E-state index contributed by atoms with van der Waals surface area (Å²) < 4.78 is 1.23. The summed E-state index contributed by atoms with van der Waals surface area (Å²) in [5.74, 6) is 0.980. The van der Waals surface area contributed by atoms with E-state index in [1.54, 1.807) is 19.6 Å². The summed E-state index contributed by atoms with van der Waals surface area (Å²) in [5.41, 5.74) is 1.37. The van der Waals surface area contributed by atoms with Gasteiger partial charge in [0.25, 0.3) is 5.56 Å². The maximum atomic E-state index is 11.8. The second-order valence-corrected chi connectivity index (χ2v) is 6.31. The highest BCUT2D eigenvalue weighted by Crippen LogP contribution is 2.23. The van der Waals surface area contributed by atoms with Gasteiger partial charge in [0.2, 0.25) is 0 Å². The Bertz CT molecular complexity index is 769. The Balaban J connectivity index is 1.63. The molecule has 1 N–H and O–H groups in total. The van der Waals surface area contributed by atoms with Crippen LogP contribution in [0.4, 0.5) is 11.5 Å². The Kier molecular flexibility index (Phi) is 4.99. The summed E-state index contributed by atoms with van der Waals surface area (Å²) in [5, 5.41) is 7.55. The van der Waals surface area contributed by atoms with Gasteiger partial charge in [-0.3, -0.25) is 4.79 Å². The number of hydrogen-bond donors (Lipinski definition) is 1. The number of anilines is 2. The second-order valence-electron chi connectivity index (χ2n) is 5.93. The van der Waals surface area contributed by atoms with Crippen molar-refractivity contribution in [3.8, 4) is 0 Å². The smallest absolute Gasteiger partial charge is 0.287 e. The zero-order chi connectivity index (χ0) is 17.1. The maximum absolute atomic E-state index is 11.8. The molecule has 0 saturated carbocycles. The first-order chi connectivity index (χ1) is 11.6. The van der Waals surface area contributed by atoms with Crippen LogP contribution < -0.4 is 15.8 Å². The summed E-state index contributed by atoms with van der Waals surface area (Å²) in [7, 11) is 1.59. The van der Waals surface area contributed by atoms with Gasteiger partial charge in [-0.2, -0.15) is 5.10 Å². The van der Waals surface area contributed by atoms with E-state index in [1.807, 2.05) is 0 Å². The molecule has 2 aromatic rings. The van der Waals surface area contributed by atoms with E-state index < -0.39 is 0 Å². The van der Waals surface area contributed by atoms with Crippen molar-refractivity contribution >= 4 is 23.1 Å². The summed E-state index contributed by atoms with van der Waals surface area (Å²) >= 11 is 6.11. The van der Waals surface area contributed by atoms with E-state index in [9.17, 15) is 4.79 Å². The normalized spacial score (nSPS) is 15.5. The van der Waals surface area contributed by atoms with Crippen molar-refractivity contribution in [2.24, 2.45) is 7.05 Å². The van der Waals surface area contributed by atoms with Crippen LogP contribution in [0, 0.1) is 0 Å². The summed E-state index contributed by atoms with van der Waals surface area (Å²) in [6, 6.07) is 2.32. The molecular weight excluding hydrogens is 328 g/mol. The van der Waals surface area contributed by atoms with Crippen molar-refractivity contribution in [1.82, 2.24) is 19.7 Å². The number of piperidine rings is 1. The van der Waals surface area contributed by atoms with E-state index in [2.05, 4.69) is 38.3 Å². The van der Waals surface area contributed by atoms with Gasteiger partial charge in [-0.1, -0.05) is 18.5 Å². The Labute approximate surface area is 145 Å². The largest absolute Gasteiger partial charge is 0.380 e. The lowest BCUT2D eigenvalue weighted by Gasteiger charge is -2.33. The summed E-state index contributed by atoms with van der Waals surface area (Å²) in [6.45, 7) is 3.88. The molecule has 1 fully saturated rings. The molecule has 7 nitrogen and oxygen atoms in total. The molecule has 8 heteroatoms. The molecule has 1 aliphatic heterocycles. The summed E-state index contributed by atoms with van der Waals surface area (Å²) in [4.78, 5) is 22.7. The van der Waals surface area contributed by atoms with Crippen LogP contribution in [0.5, 0.6) is 0 Å². The predicted molar refractivity (Wildman–Crippen MR) is 94.8 cm³/mol. The van der Waals surface area contributed by atoms with Crippen LogP contribution in [0.3, 0.4) is 0 Å². The number of hydrogen-bond acceptors (Lipinski definition) is 6. The van der Waals surface area contributed by atoms with E-state index in [4.69, 9.17) is 11.6 Å². The molecule has 128 valence electrons. The highest BCUT2D eigenvalue weighted by molar-refractivity contribution is 6.32. The topological polar surface area (TPSA) is 75.9 Å². The van der Waals surface area contributed by atoms with Crippen LogP contribution in [0.2, 0.25) is 5.02 Å². The predicted octanol–water partition coefficient (Wildman–Crippen LogP) is 1.87. The minimum absolute atomic E-state index is 0.193. The molecule has 24 heavy (non-hydrogen) atoms. The third-order valence-corrected chi connectivity index (χ3v) is 4.69. The lowest BCUT2D eigenvalue weighted by molar-refractivity contribution is 0.522. The number of aromatic nitrogens is 4. The standard InChI is InChI=1S/C16H21ClN6O/c1-3-11-8-14(19-10-18-11)23-6-4-12(5-7-23)21-13-9-20-22(2)16(24)15(13)17/h8-10,12,21H,3-7H2,1-2H3. The number of nitrogens with one attached hydrogen (secondary N) is 1. The van der Waals surface area contributed by atoms with Crippen LogP contribution >= 0.6 is 11.6 Å². The van der Waals surface area contributed by atoms with Crippen molar-refractivity contribution in [3.05, 3.63) is 39.7 Å². The molecule has 0 atom stereocenters. The highest BCUT2D eigenvalue weighted by atomic mass is 35.5. The molecule has 0 aliphatic carbocycles. The minimum atomic E-state index is -0.285. The highest BCUT2D eigenvalue weighted by Gasteiger charge is 2.21. The first-order valence-electron chi connectivity index (χ1n) is 8.12. The van der Waals surface area contributed by atoms with Gasteiger partial charge in [-0.25, -0.2) is 14.6 Å². The average Bonchev–Trinajstić information content (AvgIpc) is 2.63. The fraction of sp³-hybridized carbons (Fsp3) is 0.500. The Morgan fingerprint density at radius 2 is 2.08 bits per heavy atom. The van der Waals surface area contributed by atoms with Gasteiger partial charge in [-0.15, -0.1) is 0 Å². The van der Waals surface area contributed by atoms with Crippen molar-refractivity contribution in [3.63, 3.8) is 0 Å². The van der Waals surface area contributed by atoms with Crippen LogP contribution in [0.1, 0.15) is 25.5 Å². The van der Waals surface area contributed by atoms with Gasteiger partial charge in [0.1, 0.15) is 17.2 Å². The van der Waals surface area contributed by atoms with Crippen molar-refractivity contribution in [2.45, 2.75) is 32.2 Å². The molecule has 0 radical (unpaired) electrons. The van der Waals surface area contributed by atoms with Gasteiger partial charge < -0.3 is 10.2 Å². The monoisotopic (exact) mass is 348 g/mol. The molecule has 0 aromatic carbocycles. The molecule has 0 spiro atoms. The Hall–Kier alpha value is -2.15. The fourth-order valence-electron chi connectivity index (χ4n) is 2.84. The number of halogens is 1. The van der Waals surface area contributed by atoms with Gasteiger partial charge in [0.15, 0.2) is 0 Å². The fourth-order valence-corrected chi connectivity index (χ4v) is 3.06. The number of aryl methyl sites for hydroxylation is 2. The third-order valence-electron chi connectivity index (χ3n) is 4.33. The first kappa shape index (κ1) is 16.7. The first-order valence-corrected chi connectivity index (χ1v) is 8.50. The zero-order valence-electron chi connectivity index (χ0n) is 13.9. The molecule has 3 heterocycles. The van der Waals surface area contributed by atoms with Crippen molar-refractivity contribution in [2.75, 3.05) is 23.3 Å². The quantitative estimate of drug-likeness (QED) is 0.909. The summed E-state index contributed by atoms with van der Waals surface area (Å²) in [6.07, 6.45) is 6.02. The molecule has 1 aliphatic rings. The SMILES string of the molecule is CCc1cc(N2CCC(Nc3cnn(C)c(=O)c3Cl)CC2)ncn1. The van der Waals surface area contributed by atoms with Crippen LogP contribution in [0.15, 0.2) is 23.4 Å². The second kappa shape index (κ2) is 7.17. The Morgan fingerprint density at radius 1 is 1.33 bits per heavy atom. The van der Waals surface area contributed by atoms with E-state index in [0.717, 1.165) is 43.9 Å². The minimum Gasteiger partial charge on any atom is -0.380 e. The van der Waals surface area contributed by atoms with Gasteiger partial charge >= 0.3 is 0 Å². The molecule has 3 rings (SSSR count). The van der Waals surface area contributed by atoms with Crippen LogP contribution in [0.25, 0.3) is 0 Å². The van der Waals surface area contributed by atoms with Crippen LogP contribution in [-0.4, -0.2) is 38.9 Å². The van der Waals surface area contributed by atoms with E-state index in [0.29, 0.717) is 5.69 Å². The van der Waals surface area contributed by atoms with Gasteiger partial charge in [0.05, 0.1) is 11.9 Å². The van der Waals surface area contributed by atoms with E-state index in [-0.39, 0.29) is 16.6 Å². The van der Waals surface area contributed by atoms with E-state index >= 15 is 0 Å². The molecule has 0 unspecified atom stereocenters. The van der Waals surface area contributed by atoms with Gasteiger partial charge in [0, 0.05) is 37.9 Å². The lowest BCUT2D eigenvalue weighted by atomic mass is 10.0. The lowest BCUT2D eigenvalue weighted by Crippen LogP contribution is -2.40. The molecule has 0 bridgehead atoms. The third kappa shape index (κ3) is 3.51. The Morgan fingerprint density at radius 3 is 2.79 bits per heavy atom. The maximum Gasteiger partial charge on any atom is 0.287 e. The van der Waals surface area contributed by atoms with Crippen molar-refractivity contribution < 1.29 is 0 Å². The van der Waals surface area contributed by atoms with E-state index in [1.165, 1.54) is 4.68 Å². The van der Waals surface area contributed by atoms with Gasteiger partial charge in [-0.05, 0) is 19.3 Å². The van der Waals surface area contributed by atoms with Crippen LogP contribution in [-0.2, 0) is 13.5 Å². The molecular formula is C16H21ClN6O.